The van der Waals surface area contributed by atoms with Gasteiger partial charge in [-0.3, -0.25) is 9.59 Å². The minimum atomic E-state index is -1.55. The van der Waals surface area contributed by atoms with E-state index in [9.17, 15) is 29.4 Å². The number of carbonyl (C=O) groups excluding carboxylic acids is 2. The number of carboxylic acid groups (broad SMARTS) is 2. The molecule has 1 aromatic carbocycles. The second kappa shape index (κ2) is 10.3. The van der Waals surface area contributed by atoms with Crippen molar-refractivity contribution in [3.8, 4) is 0 Å². The molecule has 0 bridgehead atoms. The summed E-state index contributed by atoms with van der Waals surface area (Å²) in [5.41, 5.74) is -0.132. The van der Waals surface area contributed by atoms with Crippen molar-refractivity contribution in [3.63, 3.8) is 0 Å². The minimum absolute atomic E-state index is 0.0953. The second-order valence-electron chi connectivity index (χ2n) is 7.10. The molecular formula is C19H25NO8. The molecule has 2 atom stereocenters. The summed E-state index contributed by atoms with van der Waals surface area (Å²) in [5, 5.41) is 20.7. The van der Waals surface area contributed by atoms with Gasteiger partial charge in [0, 0.05) is 0 Å². The Morgan fingerprint density at radius 3 is 2.11 bits per heavy atom. The van der Waals surface area contributed by atoms with Crippen LogP contribution in [0.4, 0.5) is 4.79 Å². The lowest BCUT2D eigenvalue weighted by Gasteiger charge is -2.22. The number of amides is 1. The summed E-state index contributed by atoms with van der Waals surface area (Å²) in [4.78, 5) is 46.5. The first kappa shape index (κ1) is 22.9. The van der Waals surface area contributed by atoms with Gasteiger partial charge in [0.25, 0.3) is 0 Å². The summed E-state index contributed by atoms with van der Waals surface area (Å²) < 4.78 is 10.00. The molecule has 0 spiro atoms. The molecule has 3 N–H and O–H groups in total. The van der Waals surface area contributed by atoms with Crippen LogP contribution in [-0.4, -0.2) is 45.9 Å². The summed E-state index contributed by atoms with van der Waals surface area (Å²) in [5.74, 6) is -5.32. The molecule has 1 amide bonds. The van der Waals surface area contributed by atoms with Crippen LogP contribution in [0.1, 0.15) is 39.2 Å². The van der Waals surface area contributed by atoms with Gasteiger partial charge in [-0.05, 0) is 39.2 Å². The van der Waals surface area contributed by atoms with Gasteiger partial charge in [0.05, 0.1) is 0 Å². The maximum atomic E-state index is 12.1. The maximum Gasteiger partial charge on any atom is 0.408 e. The molecule has 0 aromatic heterocycles. The van der Waals surface area contributed by atoms with E-state index >= 15 is 0 Å². The quantitative estimate of drug-likeness (QED) is 0.427. The van der Waals surface area contributed by atoms with E-state index in [2.05, 4.69) is 5.32 Å². The van der Waals surface area contributed by atoms with Gasteiger partial charge in [-0.1, -0.05) is 30.3 Å². The zero-order valence-corrected chi connectivity index (χ0v) is 16.0. The zero-order valence-electron chi connectivity index (χ0n) is 16.0. The van der Waals surface area contributed by atoms with Crippen molar-refractivity contribution >= 4 is 24.0 Å². The Bertz CT molecular complexity index is 696. The fourth-order valence-corrected chi connectivity index (χ4v) is 2.21. The first-order chi connectivity index (χ1) is 13.0. The molecule has 0 aliphatic heterocycles. The molecule has 0 radical (unpaired) electrons. The van der Waals surface area contributed by atoms with Gasteiger partial charge in [-0.15, -0.1) is 0 Å². The highest BCUT2D eigenvalue weighted by Gasteiger charge is 2.31. The Morgan fingerprint density at radius 1 is 1.00 bits per heavy atom. The van der Waals surface area contributed by atoms with Gasteiger partial charge in [0.15, 0.2) is 5.92 Å². The average molecular weight is 395 g/mol. The fourth-order valence-electron chi connectivity index (χ4n) is 2.21. The van der Waals surface area contributed by atoms with Gasteiger partial charge in [0.2, 0.25) is 0 Å². The van der Waals surface area contributed by atoms with Crippen LogP contribution >= 0.6 is 0 Å². The molecule has 0 saturated carbocycles. The highest BCUT2D eigenvalue weighted by Crippen LogP contribution is 2.14. The van der Waals surface area contributed by atoms with Crippen LogP contribution in [0.3, 0.4) is 0 Å². The van der Waals surface area contributed by atoms with Crippen LogP contribution in [0.25, 0.3) is 0 Å². The number of rotatable bonds is 9. The van der Waals surface area contributed by atoms with E-state index in [1.807, 2.05) is 0 Å². The van der Waals surface area contributed by atoms with Crippen LogP contribution in [0.5, 0.6) is 0 Å². The van der Waals surface area contributed by atoms with Gasteiger partial charge in [-0.2, -0.15) is 0 Å². The van der Waals surface area contributed by atoms with Crippen molar-refractivity contribution in [1.82, 2.24) is 5.32 Å². The summed E-state index contributed by atoms with van der Waals surface area (Å²) in [6.45, 7) is 4.75. The van der Waals surface area contributed by atoms with E-state index in [4.69, 9.17) is 9.47 Å². The SMILES string of the molecule is CC(C)(C)OC(=O)N[C@@H](CCC(C(=O)O)C(=O)OCc1ccccc1)C(=O)O. The normalized spacial score (nSPS) is 13.1. The standard InChI is InChI=1S/C19H25NO8/c1-19(2,3)28-18(26)20-14(16(23)24)10-9-13(15(21)22)17(25)27-11-12-7-5-4-6-8-12/h4-8,13-14H,9-11H2,1-3H3,(H,20,26)(H,21,22)(H,23,24)/t13?,14-/m0/s1. The van der Waals surface area contributed by atoms with Crippen molar-refractivity contribution in [2.75, 3.05) is 0 Å². The molecule has 1 unspecified atom stereocenters. The van der Waals surface area contributed by atoms with Crippen LogP contribution < -0.4 is 5.32 Å². The van der Waals surface area contributed by atoms with E-state index in [1.54, 1.807) is 51.1 Å². The lowest BCUT2D eigenvalue weighted by atomic mass is 10.00. The smallest absolute Gasteiger partial charge is 0.408 e. The highest BCUT2D eigenvalue weighted by molar-refractivity contribution is 5.94. The Labute approximate surface area is 162 Å². The maximum absolute atomic E-state index is 12.1. The van der Waals surface area contributed by atoms with E-state index in [-0.39, 0.29) is 19.4 Å². The number of hydrogen-bond acceptors (Lipinski definition) is 6. The van der Waals surface area contributed by atoms with Crippen molar-refractivity contribution in [2.24, 2.45) is 5.92 Å². The number of benzene rings is 1. The minimum Gasteiger partial charge on any atom is -0.481 e. The molecule has 9 nitrogen and oxygen atoms in total. The molecular weight excluding hydrogens is 370 g/mol. The van der Waals surface area contributed by atoms with Gasteiger partial charge < -0.3 is 25.0 Å². The Morgan fingerprint density at radius 2 is 1.61 bits per heavy atom. The third-order valence-electron chi connectivity index (χ3n) is 3.54. The first-order valence-electron chi connectivity index (χ1n) is 8.65. The van der Waals surface area contributed by atoms with Crippen molar-refractivity contribution in [2.45, 2.75) is 51.9 Å². The molecule has 0 aliphatic carbocycles. The van der Waals surface area contributed by atoms with Crippen molar-refractivity contribution in [1.29, 1.82) is 0 Å². The van der Waals surface area contributed by atoms with Crippen LogP contribution in [0, 0.1) is 5.92 Å². The van der Waals surface area contributed by atoms with Crippen LogP contribution in [0.2, 0.25) is 0 Å². The Kier molecular flexibility index (Phi) is 8.43. The number of esters is 1. The van der Waals surface area contributed by atoms with E-state index in [1.165, 1.54) is 0 Å². The summed E-state index contributed by atoms with van der Waals surface area (Å²) in [6, 6.07) is 7.31. The zero-order chi connectivity index (χ0) is 21.3. The van der Waals surface area contributed by atoms with E-state index < -0.39 is 41.6 Å². The molecule has 0 aliphatic rings. The molecule has 0 heterocycles. The molecule has 0 fully saturated rings. The third-order valence-corrected chi connectivity index (χ3v) is 3.54. The fraction of sp³-hybridized carbons (Fsp3) is 0.474. The van der Waals surface area contributed by atoms with Gasteiger partial charge in [-0.25, -0.2) is 9.59 Å². The molecule has 1 aromatic rings. The number of alkyl carbamates (subject to hydrolysis) is 1. The number of hydrogen-bond donors (Lipinski definition) is 3. The van der Waals surface area contributed by atoms with E-state index in [0.717, 1.165) is 0 Å². The van der Waals surface area contributed by atoms with Crippen LogP contribution in [0.15, 0.2) is 30.3 Å². The monoisotopic (exact) mass is 395 g/mol. The molecule has 0 saturated heterocycles. The predicted octanol–water partition coefficient (Wildman–Crippen LogP) is 2.19. The number of carboxylic acids is 2. The molecule has 9 heteroatoms. The average Bonchev–Trinajstić information content (AvgIpc) is 2.58. The van der Waals surface area contributed by atoms with Gasteiger partial charge >= 0.3 is 24.0 Å². The number of nitrogens with one attached hydrogen (secondary N) is 1. The lowest BCUT2D eigenvalue weighted by Crippen LogP contribution is -2.44. The summed E-state index contributed by atoms with van der Waals surface area (Å²) >= 11 is 0. The molecule has 1 rings (SSSR count). The number of ether oxygens (including phenoxy) is 2. The van der Waals surface area contributed by atoms with E-state index in [0.29, 0.717) is 5.56 Å². The third kappa shape index (κ3) is 8.52. The summed E-state index contributed by atoms with van der Waals surface area (Å²) in [7, 11) is 0. The summed E-state index contributed by atoms with van der Waals surface area (Å²) in [6.07, 6.45) is -1.56. The van der Waals surface area contributed by atoms with Gasteiger partial charge in [0.1, 0.15) is 18.2 Å². The number of carbonyl (C=O) groups is 4. The second-order valence-corrected chi connectivity index (χ2v) is 7.10. The lowest BCUT2D eigenvalue weighted by molar-refractivity contribution is -0.160. The largest absolute Gasteiger partial charge is 0.481 e. The highest BCUT2D eigenvalue weighted by atomic mass is 16.6. The van der Waals surface area contributed by atoms with Crippen molar-refractivity contribution < 1.29 is 38.9 Å². The Balaban J connectivity index is 2.65. The first-order valence-corrected chi connectivity index (χ1v) is 8.65. The predicted molar refractivity (Wildman–Crippen MR) is 97.4 cm³/mol. The van der Waals surface area contributed by atoms with Crippen LogP contribution in [-0.2, 0) is 30.5 Å². The number of aliphatic carboxylic acids is 2. The van der Waals surface area contributed by atoms with Crippen molar-refractivity contribution in [3.05, 3.63) is 35.9 Å². The topological polar surface area (TPSA) is 139 Å². The molecule has 154 valence electrons. The molecule has 28 heavy (non-hydrogen) atoms. The Hall–Kier alpha value is -3.10.